The molecule has 0 aromatic heterocycles. The molecule has 0 aliphatic rings. The van der Waals surface area contributed by atoms with E-state index in [9.17, 15) is 18.0 Å². The van der Waals surface area contributed by atoms with E-state index in [0.29, 0.717) is 12.2 Å². The number of benzene rings is 1. The second-order valence-electron chi connectivity index (χ2n) is 2.25. The van der Waals surface area contributed by atoms with Crippen LogP contribution in [0.25, 0.3) is 0 Å². The van der Waals surface area contributed by atoms with Gasteiger partial charge in [0.25, 0.3) is 12.2 Å². The van der Waals surface area contributed by atoms with Gasteiger partial charge in [0.2, 0.25) is 0 Å². The van der Waals surface area contributed by atoms with Crippen LogP contribution in [0.5, 0.6) is 0 Å². The average molecular weight is 295 g/mol. The van der Waals surface area contributed by atoms with Crippen LogP contribution in [0.4, 0.5) is 0 Å². The molecule has 1 aromatic carbocycles. The molecule has 9 heteroatoms. The fourth-order valence-electron chi connectivity index (χ4n) is 0.544. The van der Waals surface area contributed by atoms with Gasteiger partial charge in [-0.3, -0.25) is 0 Å². The van der Waals surface area contributed by atoms with Crippen molar-refractivity contribution in [1.29, 1.82) is 0 Å². The van der Waals surface area contributed by atoms with Crippen molar-refractivity contribution < 1.29 is 18.0 Å². The van der Waals surface area contributed by atoms with Crippen molar-refractivity contribution >= 4 is 45.6 Å². The Balaban J connectivity index is 0.000000302. The van der Waals surface area contributed by atoms with Crippen LogP contribution < -0.4 is 0 Å². The molecule has 0 spiro atoms. The maximum Gasteiger partial charge on any atom is 0.383 e. The van der Waals surface area contributed by atoms with Gasteiger partial charge < -0.3 is 0 Å². The first-order valence-corrected chi connectivity index (χ1v) is 5.91. The molecular weight excluding hydrogens is 291 g/mol. The number of hydrogen-bond acceptors (Lipinski definition) is 4. The minimum atomic E-state index is -4.28. The first kappa shape index (κ1) is 15.5. The van der Waals surface area contributed by atoms with Crippen molar-refractivity contribution in [2.24, 2.45) is 8.80 Å². The molecule has 0 N–H and O–H groups in total. The summed E-state index contributed by atoms with van der Waals surface area (Å²) < 4.78 is 24.3. The SMILES string of the molecule is Clc1ccc(Cl)cc1.O=C=NS(=O)(=O)N=C=O. The molecule has 0 heterocycles. The highest BCUT2D eigenvalue weighted by Crippen LogP contribution is 2.12. The molecule has 0 atom stereocenters. The van der Waals surface area contributed by atoms with Gasteiger partial charge in [0.1, 0.15) is 0 Å². The summed E-state index contributed by atoms with van der Waals surface area (Å²) in [7, 11) is -4.28. The zero-order chi connectivity index (χ0) is 13.3. The molecule has 0 bridgehead atoms. The van der Waals surface area contributed by atoms with Crippen molar-refractivity contribution in [3.05, 3.63) is 34.3 Å². The molecule has 1 aromatic rings. The molecule has 0 saturated carbocycles. The predicted molar refractivity (Wildman–Crippen MR) is 61.6 cm³/mol. The monoisotopic (exact) mass is 294 g/mol. The zero-order valence-electron chi connectivity index (χ0n) is 8.00. The topological polar surface area (TPSA) is 93.0 Å². The highest BCUT2D eigenvalue weighted by atomic mass is 35.5. The van der Waals surface area contributed by atoms with Crippen molar-refractivity contribution in [2.45, 2.75) is 0 Å². The fourth-order valence-corrected chi connectivity index (χ4v) is 1.03. The molecule has 0 amide bonds. The summed E-state index contributed by atoms with van der Waals surface area (Å²) >= 11 is 11.1. The van der Waals surface area contributed by atoms with Crippen LogP contribution >= 0.6 is 23.2 Å². The number of carbonyl (C=O) groups excluding carboxylic acids is 2. The van der Waals surface area contributed by atoms with E-state index < -0.39 is 10.2 Å². The molecule has 0 aliphatic carbocycles. The maximum absolute atomic E-state index is 9.97. The van der Waals surface area contributed by atoms with Crippen molar-refractivity contribution in [1.82, 2.24) is 0 Å². The third-order valence-corrected chi connectivity index (χ3v) is 2.22. The van der Waals surface area contributed by atoms with E-state index >= 15 is 0 Å². The molecule has 1 rings (SSSR count). The molecule has 0 aliphatic heterocycles. The van der Waals surface area contributed by atoms with E-state index in [-0.39, 0.29) is 0 Å². The minimum Gasteiger partial charge on any atom is -0.210 e. The number of nitrogens with zero attached hydrogens (tertiary/aromatic N) is 2. The number of isocyanates is 2. The summed E-state index contributed by atoms with van der Waals surface area (Å²) in [5.74, 6) is 0. The van der Waals surface area contributed by atoms with Crippen LogP contribution in [0.2, 0.25) is 10.0 Å². The zero-order valence-corrected chi connectivity index (χ0v) is 10.3. The van der Waals surface area contributed by atoms with Crippen LogP contribution in [0.15, 0.2) is 33.1 Å². The van der Waals surface area contributed by atoms with Gasteiger partial charge in [0, 0.05) is 10.0 Å². The molecule has 0 fully saturated rings. The van der Waals surface area contributed by atoms with E-state index in [1.54, 1.807) is 24.3 Å². The van der Waals surface area contributed by atoms with Crippen LogP contribution in [-0.2, 0) is 19.8 Å². The second kappa shape index (κ2) is 7.73. The van der Waals surface area contributed by atoms with E-state index in [1.165, 1.54) is 0 Å². The summed E-state index contributed by atoms with van der Waals surface area (Å²) in [5, 5.41) is 1.43. The lowest BCUT2D eigenvalue weighted by Crippen LogP contribution is -1.86. The van der Waals surface area contributed by atoms with Gasteiger partial charge in [-0.05, 0) is 24.3 Å². The molecule has 0 radical (unpaired) electrons. The predicted octanol–water partition coefficient (Wildman–Crippen LogP) is 1.90. The number of hydrogen-bond donors (Lipinski definition) is 0. The van der Waals surface area contributed by atoms with Crippen LogP contribution in [0.1, 0.15) is 0 Å². The molecule has 17 heavy (non-hydrogen) atoms. The van der Waals surface area contributed by atoms with Gasteiger partial charge >= 0.3 is 10.2 Å². The highest BCUT2D eigenvalue weighted by Gasteiger charge is 2.00. The fraction of sp³-hybridized carbons (Fsp3) is 0. The van der Waals surface area contributed by atoms with Crippen LogP contribution in [-0.4, -0.2) is 20.6 Å². The Kier molecular flexibility index (Phi) is 7.05. The molecular formula is C8H4Cl2N2O4S. The summed E-state index contributed by atoms with van der Waals surface area (Å²) in [4.78, 5) is 18.5. The molecule has 0 unspecified atom stereocenters. The van der Waals surface area contributed by atoms with Gasteiger partial charge in [-0.2, -0.15) is 8.42 Å². The first-order valence-electron chi connectivity index (χ1n) is 3.75. The summed E-state index contributed by atoms with van der Waals surface area (Å²) in [5.41, 5.74) is 0. The lowest BCUT2D eigenvalue weighted by atomic mass is 10.4. The molecule has 90 valence electrons. The van der Waals surface area contributed by atoms with E-state index in [0.717, 1.165) is 10.0 Å². The second-order valence-corrected chi connectivity index (χ2v) is 4.38. The van der Waals surface area contributed by atoms with Crippen molar-refractivity contribution in [3.8, 4) is 0 Å². The summed E-state index contributed by atoms with van der Waals surface area (Å²) in [6.07, 6.45) is 1.41. The Morgan fingerprint density at radius 3 is 1.41 bits per heavy atom. The smallest absolute Gasteiger partial charge is 0.210 e. The van der Waals surface area contributed by atoms with Crippen molar-refractivity contribution in [3.63, 3.8) is 0 Å². The van der Waals surface area contributed by atoms with E-state index in [2.05, 4.69) is 8.80 Å². The van der Waals surface area contributed by atoms with Crippen LogP contribution in [0, 0.1) is 0 Å². The first-order chi connectivity index (χ1) is 7.91. The standard InChI is InChI=1S/C6H4Cl2.C2N2O4S/c7-5-1-2-6(8)4-3-5;5-1-3-9(7,8)4-2-6/h1-4H;. The third-order valence-electron chi connectivity index (χ3n) is 1.11. The van der Waals surface area contributed by atoms with Gasteiger partial charge in [0.15, 0.2) is 0 Å². The van der Waals surface area contributed by atoms with Gasteiger partial charge in [-0.25, -0.2) is 9.59 Å². The number of rotatable bonds is 2. The number of halogens is 2. The molecule has 0 saturated heterocycles. The third kappa shape index (κ3) is 8.33. The Morgan fingerprint density at radius 2 is 1.18 bits per heavy atom. The largest absolute Gasteiger partial charge is 0.383 e. The Hall–Kier alpha value is -1.49. The molecule has 6 nitrogen and oxygen atoms in total. The van der Waals surface area contributed by atoms with Crippen molar-refractivity contribution in [2.75, 3.05) is 0 Å². The highest BCUT2D eigenvalue weighted by molar-refractivity contribution is 7.89. The Bertz CT molecular complexity index is 513. The lowest BCUT2D eigenvalue weighted by Gasteiger charge is -1.86. The summed E-state index contributed by atoms with van der Waals surface area (Å²) in [6, 6.07) is 7.02. The summed E-state index contributed by atoms with van der Waals surface area (Å²) in [6.45, 7) is 0. The van der Waals surface area contributed by atoms with E-state index in [1.807, 2.05) is 0 Å². The lowest BCUT2D eigenvalue weighted by molar-refractivity contribution is 0.561. The Morgan fingerprint density at radius 1 is 0.882 bits per heavy atom. The quantitative estimate of drug-likeness (QED) is 0.615. The average Bonchev–Trinajstić information content (AvgIpc) is 2.23. The van der Waals surface area contributed by atoms with Gasteiger partial charge in [0.05, 0.1) is 0 Å². The maximum atomic E-state index is 9.97. The Labute approximate surface area is 107 Å². The normalized spacial score (nSPS) is 9.06. The van der Waals surface area contributed by atoms with Gasteiger partial charge in [-0.15, -0.1) is 0 Å². The van der Waals surface area contributed by atoms with E-state index in [4.69, 9.17) is 23.2 Å². The minimum absolute atomic E-state index is 0.707. The van der Waals surface area contributed by atoms with Crippen LogP contribution in [0.3, 0.4) is 0 Å². The van der Waals surface area contributed by atoms with Gasteiger partial charge in [-0.1, -0.05) is 32.0 Å².